The number of halogens is 1. The highest BCUT2D eigenvalue weighted by atomic mass is 19.1. The minimum absolute atomic E-state index is 0.0496. The van der Waals surface area contributed by atoms with Gasteiger partial charge in [-0.15, -0.1) is 0 Å². The van der Waals surface area contributed by atoms with Gasteiger partial charge in [-0.25, -0.2) is 18.9 Å². The van der Waals surface area contributed by atoms with Gasteiger partial charge in [-0.3, -0.25) is 4.79 Å². The Labute approximate surface area is 129 Å². The maximum atomic E-state index is 13.6. The van der Waals surface area contributed by atoms with E-state index in [0.717, 1.165) is 4.90 Å². The molecule has 2 heterocycles. The lowest BCUT2D eigenvalue weighted by Crippen LogP contribution is -2.35. The highest BCUT2D eigenvalue weighted by Crippen LogP contribution is 2.27. The van der Waals surface area contributed by atoms with Crippen molar-refractivity contribution < 1.29 is 32.7 Å². The standard InChI is InChI=1S/C15H12FNO6/c1-8-9-3-2-4-10(16)13(9)23-12(8)14(19)22-7-11(18)17-5-6-21-15(17)20/h2-4H,5-7H2,1H3. The van der Waals surface area contributed by atoms with Gasteiger partial charge in [-0.2, -0.15) is 0 Å². The molecule has 120 valence electrons. The number of hydrogen-bond donors (Lipinski definition) is 0. The van der Waals surface area contributed by atoms with Gasteiger partial charge >= 0.3 is 12.1 Å². The van der Waals surface area contributed by atoms with Crippen molar-refractivity contribution in [3.8, 4) is 0 Å². The second-order valence-electron chi connectivity index (χ2n) is 4.91. The fourth-order valence-corrected chi connectivity index (χ4v) is 2.29. The third-order valence-electron chi connectivity index (χ3n) is 3.49. The molecular formula is C15H12FNO6. The molecule has 2 amide bonds. The summed E-state index contributed by atoms with van der Waals surface area (Å²) >= 11 is 0. The van der Waals surface area contributed by atoms with Crippen LogP contribution in [0.15, 0.2) is 22.6 Å². The van der Waals surface area contributed by atoms with Gasteiger partial charge in [0.25, 0.3) is 5.91 Å². The Hall–Kier alpha value is -2.90. The van der Waals surface area contributed by atoms with Crippen molar-refractivity contribution in [2.45, 2.75) is 6.92 Å². The molecule has 0 radical (unpaired) electrons. The fourth-order valence-electron chi connectivity index (χ4n) is 2.29. The lowest BCUT2D eigenvalue weighted by atomic mass is 10.1. The first-order chi connectivity index (χ1) is 11.0. The molecule has 0 bridgehead atoms. The van der Waals surface area contributed by atoms with Crippen molar-refractivity contribution in [3.05, 3.63) is 35.3 Å². The average Bonchev–Trinajstić information content (AvgIpc) is 3.10. The summed E-state index contributed by atoms with van der Waals surface area (Å²) in [6.45, 7) is 1.18. The van der Waals surface area contributed by atoms with Gasteiger partial charge in [0, 0.05) is 10.9 Å². The number of esters is 1. The molecule has 0 atom stereocenters. The highest BCUT2D eigenvalue weighted by Gasteiger charge is 2.29. The van der Waals surface area contributed by atoms with Crippen molar-refractivity contribution in [2.75, 3.05) is 19.8 Å². The van der Waals surface area contributed by atoms with E-state index in [0.29, 0.717) is 10.9 Å². The van der Waals surface area contributed by atoms with Crippen LogP contribution < -0.4 is 0 Å². The van der Waals surface area contributed by atoms with E-state index in [-0.39, 0.29) is 24.5 Å². The van der Waals surface area contributed by atoms with Crippen molar-refractivity contribution in [1.29, 1.82) is 0 Å². The number of carbonyl (C=O) groups excluding carboxylic acids is 3. The van der Waals surface area contributed by atoms with Crippen LogP contribution in [0.1, 0.15) is 16.1 Å². The number of cyclic esters (lactones) is 1. The van der Waals surface area contributed by atoms with E-state index in [1.54, 1.807) is 13.0 Å². The Bertz CT molecular complexity index is 812. The summed E-state index contributed by atoms with van der Waals surface area (Å²) in [7, 11) is 0. The molecule has 7 nitrogen and oxygen atoms in total. The lowest BCUT2D eigenvalue weighted by molar-refractivity contribution is -0.131. The summed E-state index contributed by atoms with van der Waals surface area (Å²) in [5, 5.41) is 0.450. The number of amides is 2. The molecule has 0 unspecified atom stereocenters. The van der Waals surface area contributed by atoms with E-state index in [9.17, 15) is 18.8 Å². The molecule has 1 aliphatic rings. The molecule has 0 saturated carbocycles. The molecule has 1 aromatic carbocycles. The molecule has 0 N–H and O–H groups in total. The number of carbonyl (C=O) groups is 3. The maximum Gasteiger partial charge on any atom is 0.416 e. The molecule has 8 heteroatoms. The van der Waals surface area contributed by atoms with Crippen LogP contribution in [0.2, 0.25) is 0 Å². The van der Waals surface area contributed by atoms with Crippen LogP contribution in [0.25, 0.3) is 11.0 Å². The number of nitrogens with zero attached hydrogens (tertiary/aromatic N) is 1. The Morgan fingerprint density at radius 2 is 2.17 bits per heavy atom. The number of ether oxygens (including phenoxy) is 2. The molecule has 0 aliphatic carbocycles. The Morgan fingerprint density at radius 1 is 1.39 bits per heavy atom. The number of hydrogen-bond acceptors (Lipinski definition) is 6. The van der Waals surface area contributed by atoms with E-state index in [4.69, 9.17) is 9.15 Å². The molecular weight excluding hydrogens is 309 g/mol. The Morgan fingerprint density at radius 3 is 2.83 bits per heavy atom. The topological polar surface area (TPSA) is 86.0 Å². The normalized spacial score (nSPS) is 14.2. The van der Waals surface area contributed by atoms with Crippen LogP contribution in [-0.4, -0.2) is 42.6 Å². The van der Waals surface area contributed by atoms with Gasteiger partial charge in [0.05, 0.1) is 6.54 Å². The lowest BCUT2D eigenvalue weighted by Gasteiger charge is -2.10. The summed E-state index contributed by atoms with van der Waals surface area (Å²) < 4.78 is 28.3. The van der Waals surface area contributed by atoms with Gasteiger partial charge in [0.1, 0.15) is 6.61 Å². The number of para-hydroxylation sites is 1. The van der Waals surface area contributed by atoms with E-state index in [1.165, 1.54) is 12.1 Å². The first-order valence-electron chi connectivity index (χ1n) is 6.81. The van der Waals surface area contributed by atoms with E-state index < -0.39 is 30.4 Å². The van der Waals surface area contributed by atoms with Crippen LogP contribution in [-0.2, 0) is 14.3 Å². The summed E-state index contributed by atoms with van der Waals surface area (Å²) in [5.74, 6) is -2.37. The zero-order valence-corrected chi connectivity index (χ0v) is 12.1. The number of imide groups is 1. The summed E-state index contributed by atoms with van der Waals surface area (Å²) in [5.41, 5.74) is 0.365. The van der Waals surface area contributed by atoms with Crippen LogP contribution in [0.4, 0.5) is 9.18 Å². The number of aryl methyl sites for hydroxylation is 1. The molecule has 3 rings (SSSR count). The molecule has 0 spiro atoms. The summed E-state index contributed by atoms with van der Waals surface area (Å²) in [6, 6.07) is 4.32. The number of rotatable bonds is 3. The van der Waals surface area contributed by atoms with Crippen molar-refractivity contribution in [1.82, 2.24) is 4.90 Å². The van der Waals surface area contributed by atoms with Gasteiger partial charge in [0.15, 0.2) is 18.0 Å². The monoisotopic (exact) mass is 321 g/mol. The highest BCUT2D eigenvalue weighted by molar-refractivity contribution is 5.98. The first-order valence-corrected chi connectivity index (χ1v) is 6.81. The third-order valence-corrected chi connectivity index (χ3v) is 3.49. The fraction of sp³-hybridized carbons (Fsp3) is 0.267. The first kappa shape index (κ1) is 15.0. The van der Waals surface area contributed by atoms with Gasteiger partial charge in [-0.1, -0.05) is 12.1 Å². The zero-order valence-electron chi connectivity index (χ0n) is 12.1. The molecule has 1 aliphatic heterocycles. The molecule has 23 heavy (non-hydrogen) atoms. The second-order valence-corrected chi connectivity index (χ2v) is 4.91. The molecule has 1 fully saturated rings. The van der Waals surface area contributed by atoms with Crippen molar-refractivity contribution >= 4 is 28.9 Å². The number of fused-ring (bicyclic) bond motifs is 1. The van der Waals surface area contributed by atoms with Crippen LogP contribution in [0.3, 0.4) is 0 Å². The van der Waals surface area contributed by atoms with E-state index in [1.807, 2.05) is 0 Å². The minimum Gasteiger partial charge on any atom is -0.450 e. The second kappa shape index (κ2) is 5.71. The molecule has 2 aromatic rings. The van der Waals surface area contributed by atoms with Crippen LogP contribution in [0, 0.1) is 12.7 Å². The van der Waals surface area contributed by atoms with Gasteiger partial charge in [0.2, 0.25) is 5.76 Å². The zero-order chi connectivity index (χ0) is 16.6. The van der Waals surface area contributed by atoms with Gasteiger partial charge < -0.3 is 13.9 Å². The summed E-state index contributed by atoms with van der Waals surface area (Å²) in [4.78, 5) is 35.8. The quantitative estimate of drug-likeness (QED) is 0.804. The number of benzene rings is 1. The van der Waals surface area contributed by atoms with Gasteiger partial charge in [-0.05, 0) is 13.0 Å². The Balaban J connectivity index is 1.74. The third kappa shape index (κ3) is 2.63. The summed E-state index contributed by atoms with van der Waals surface area (Å²) in [6.07, 6.45) is -0.770. The van der Waals surface area contributed by atoms with E-state index in [2.05, 4.69) is 4.74 Å². The number of furan rings is 1. The van der Waals surface area contributed by atoms with Crippen molar-refractivity contribution in [2.24, 2.45) is 0 Å². The predicted molar refractivity (Wildman–Crippen MR) is 74.3 cm³/mol. The SMILES string of the molecule is Cc1c(C(=O)OCC(=O)N2CCOC2=O)oc2c(F)cccc12. The maximum absolute atomic E-state index is 13.6. The molecule has 1 aromatic heterocycles. The Kier molecular flexibility index (Phi) is 3.73. The van der Waals surface area contributed by atoms with Crippen LogP contribution >= 0.6 is 0 Å². The average molecular weight is 321 g/mol. The van der Waals surface area contributed by atoms with E-state index >= 15 is 0 Å². The largest absolute Gasteiger partial charge is 0.450 e. The van der Waals surface area contributed by atoms with Crippen molar-refractivity contribution in [3.63, 3.8) is 0 Å². The van der Waals surface area contributed by atoms with Crippen LogP contribution in [0.5, 0.6) is 0 Å². The molecule has 1 saturated heterocycles. The predicted octanol–water partition coefficient (Wildman–Crippen LogP) is 2.02. The minimum atomic E-state index is -0.904. The smallest absolute Gasteiger partial charge is 0.416 e.